The van der Waals surface area contributed by atoms with Crippen molar-refractivity contribution in [2.45, 2.75) is 296 Å². The van der Waals surface area contributed by atoms with Gasteiger partial charge in [0.2, 0.25) is 5.91 Å². The zero-order valence-corrected chi connectivity index (χ0v) is 43.1. The minimum absolute atomic E-state index is 0.0614. The summed E-state index contributed by atoms with van der Waals surface area (Å²) in [6, 6.07) is -0.711. The van der Waals surface area contributed by atoms with Crippen LogP contribution in [0.1, 0.15) is 278 Å². The van der Waals surface area contributed by atoms with Gasteiger partial charge >= 0.3 is 5.97 Å². The van der Waals surface area contributed by atoms with Crippen LogP contribution < -0.4 is 5.32 Å². The van der Waals surface area contributed by atoms with E-state index in [2.05, 4.69) is 86.8 Å². The lowest BCUT2D eigenvalue weighted by molar-refractivity contribution is -0.151. The number of aliphatic hydroxyl groups is 2. The molecule has 0 rings (SSSR count). The quantitative estimate of drug-likeness (QED) is 0.0321. The molecule has 0 aliphatic heterocycles. The van der Waals surface area contributed by atoms with Crippen LogP contribution in [-0.2, 0) is 14.3 Å². The van der Waals surface area contributed by atoms with Crippen LogP contribution in [-0.4, -0.2) is 46.9 Å². The number of carbonyl (C=O) groups is 2. The number of nitrogens with one attached hydrogen (secondary N) is 1. The van der Waals surface area contributed by atoms with Crippen molar-refractivity contribution in [2.75, 3.05) is 6.61 Å². The molecule has 0 saturated heterocycles. The number of hydrogen-bond donors (Lipinski definition) is 3. The summed E-state index contributed by atoms with van der Waals surface area (Å²) in [7, 11) is 0. The third kappa shape index (κ3) is 47.8. The first-order valence-electron chi connectivity index (χ1n) is 28.0. The first-order chi connectivity index (χ1) is 32.0. The van der Waals surface area contributed by atoms with Gasteiger partial charge in [0.05, 0.1) is 25.2 Å². The van der Waals surface area contributed by atoms with E-state index in [4.69, 9.17) is 4.74 Å². The van der Waals surface area contributed by atoms with E-state index in [-0.39, 0.29) is 24.9 Å². The molecule has 0 bridgehead atoms. The first kappa shape index (κ1) is 62.6. The van der Waals surface area contributed by atoms with E-state index in [0.29, 0.717) is 19.3 Å². The Bertz CT molecular complexity index is 1160. The van der Waals surface area contributed by atoms with E-state index < -0.39 is 18.2 Å². The summed E-state index contributed by atoms with van der Waals surface area (Å²) >= 11 is 0. The van der Waals surface area contributed by atoms with Crippen molar-refractivity contribution in [3.8, 4) is 0 Å². The molecule has 1 amide bonds. The monoisotopic (exact) mass is 910 g/mol. The second-order valence-corrected chi connectivity index (χ2v) is 19.0. The molecule has 0 aliphatic carbocycles. The summed E-state index contributed by atoms with van der Waals surface area (Å²) in [5.74, 6) is -0.508. The maximum Gasteiger partial charge on any atom is 0.306 e. The highest BCUT2D eigenvalue weighted by atomic mass is 16.5. The lowest BCUT2D eigenvalue weighted by atomic mass is 10.0. The Balaban J connectivity index is 4.63. The van der Waals surface area contributed by atoms with Gasteiger partial charge < -0.3 is 20.3 Å². The second-order valence-electron chi connectivity index (χ2n) is 19.0. The number of aliphatic hydroxyl groups excluding tert-OH is 2. The minimum Gasteiger partial charge on any atom is -0.462 e. The Morgan fingerprint density at radius 3 is 1.28 bits per heavy atom. The number of amides is 1. The maximum atomic E-state index is 13.3. The fourth-order valence-electron chi connectivity index (χ4n) is 8.36. The third-order valence-corrected chi connectivity index (χ3v) is 12.6. The first-order valence-corrected chi connectivity index (χ1v) is 28.0. The molecule has 0 saturated carbocycles. The van der Waals surface area contributed by atoms with Gasteiger partial charge in [-0.1, -0.05) is 236 Å². The number of esters is 1. The van der Waals surface area contributed by atoms with Gasteiger partial charge in [-0.05, 0) is 89.9 Å². The Morgan fingerprint density at radius 1 is 0.462 bits per heavy atom. The summed E-state index contributed by atoms with van der Waals surface area (Å²) in [6.07, 6.45) is 65.7. The number of rotatable bonds is 50. The van der Waals surface area contributed by atoms with Gasteiger partial charge in [0.25, 0.3) is 0 Å². The average molecular weight is 911 g/mol. The lowest BCUT2D eigenvalue weighted by Gasteiger charge is -2.24. The van der Waals surface area contributed by atoms with E-state index in [1.807, 2.05) is 0 Å². The molecule has 0 fully saturated rings. The predicted molar refractivity (Wildman–Crippen MR) is 282 cm³/mol. The molecule has 0 aromatic rings. The Kier molecular flexibility index (Phi) is 50.6. The molecule has 0 aromatic carbocycles. The highest BCUT2D eigenvalue weighted by Crippen LogP contribution is 2.18. The average Bonchev–Trinajstić information content (AvgIpc) is 3.30. The highest BCUT2D eigenvalue weighted by Gasteiger charge is 2.24. The molecule has 378 valence electrons. The van der Waals surface area contributed by atoms with Crippen molar-refractivity contribution < 1.29 is 24.5 Å². The maximum absolute atomic E-state index is 13.3. The van der Waals surface area contributed by atoms with Crippen molar-refractivity contribution in [3.05, 3.63) is 60.8 Å². The van der Waals surface area contributed by atoms with Crippen LogP contribution in [0.3, 0.4) is 0 Å². The summed E-state index contributed by atoms with van der Waals surface area (Å²) in [5, 5.41) is 23.8. The van der Waals surface area contributed by atoms with E-state index in [0.717, 1.165) is 89.9 Å². The molecule has 0 aromatic heterocycles. The molecular weight excluding hydrogens is 803 g/mol. The van der Waals surface area contributed by atoms with E-state index in [9.17, 15) is 19.8 Å². The zero-order valence-electron chi connectivity index (χ0n) is 43.1. The standard InChI is InChI=1S/C59H107NO5/c1-4-7-10-13-16-19-22-25-27-29-30-33-35-38-41-44-47-50-55(65-59(64)52-49-46-43-40-37-34-31-28-26-23-20-17-14-11-8-5-2)53-58(63)60-56(54-61)57(62)51-48-45-42-39-36-32-24-21-18-15-12-9-6-3/h8,11,17,20,25-28,34,37,55-57,61-62H,4-7,9-10,12-16,18-19,21-24,29-33,35-36,38-54H2,1-3H3,(H,60,63)/b11-8+,20-17+,27-25+,28-26+,37-34+. The summed E-state index contributed by atoms with van der Waals surface area (Å²) < 4.78 is 5.94. The highest BCUT2D eigenvalue weighted by molar-refractivity contribution is 5.77. The fourth-order valence-corrected chi connectivity index (χ4v) is 8.36. The smallest absolute Gasteiger partial charge is 0.306 e. The molecule has 3 N–H and O–H groups in total. The zero-order chi connectivity index (χ0) is 47.4. The third-order valence-electron chi connectivity index (χ3n) is 12.6. The number of hydrogen-bond acceptors (Lipinski definition) is 5. The predicted octanol–water partition coefficient (Wildman–Crippen LogP) is 17.2. The Labute approximate surface area is 403 Å². The Hall–Kier alpha value is -2.44. The number of allylic oxidation sites excluding steroid dienone is 10. The molecule has 3 atom stereocenters. The molecule has 3 unspecified atom stereocenters. The molecule has 0 aliphatic rings. The number of ether oxygens (including phenoxy) is 1. The summed E-state index contributed by atoms with van der Waals surface area (Å²) in [6.45, 7) is 6.38. The van der Waals surface area contributed by atoms with Crippen LogP contribution in [0.4, 0.5) is 0 Å². The van der Waals surface area contributed by atoms with Gasteiger partial charge in [-0.25, -0.2) is 0 Å². The van der Waals surface area contributed by atoms with Crippen LogP contribution in [0.5, 0.6) is 0 Å². The summed E-state index contributed by atoms with van der Waals surface area (Å²) in [4.78, 5) is 26.2. The van der Waals surface area contributed by atoms with Gasteiger partial charge in [-0.15, -0.1) is 0 Å². The van der Waals surface area contributed by atoms with Crippen molar-refractivity contribution in [1.82, 2.24) is 5.32 Å². The van der Waals surface area contributed by atoms with Crippen LogP contribution in [0.2, 0.25) is 0 Å². The summed E-state index contributed by atoms with van der Waals surface area (Å²) in [5.41, 5.74) is 0. The lowest BCUT2D eigenvalue weighted by Crippen LogP contribution is -2.46. The molecule has 6 nitrogen and oxygen atoms in total. The van der Waals surface area contributed by atoms with Gasteiger partial charge in [0.15, 0.2) is 0 Å². The molecule has 65 heavy (non-hydrogen) atoms. The van der Waals surface area contributed by atoms with Gasteiger partial charge in [-0.3, -0.25) is 9.59 Å². The van der Waals surface area contributed by atoms with E-state index in [1.165, 1.54) is 141 Å². The van der Waals surface area contributed by atoms with Gasteiger partial charge in [-0.2, -0.15) is 0 Å². The molecule has 0 radical (unpaired) electrons. The van der Waals surface area contributed by atoms with Crippen molar-refractivity contribution in [3.63, 3.8) is 0 Å². The SMILES string of the molecule is CC/C=C/C/C=C/C/C=C/C/C=C/CCCCCC(=O)OC(CCCCCCCCC/C=C/CCCCCCCC)CC(=O)NC(CO)C(O)CCCCCCCCCCCCCCC. The molecule has 0 spiro atoms. The normalized spacial score (nSPS) is 13.6. The topological polar surface area (TPSA) is 95.9 Å². The van der Waals surface area contributed by atoms with Crippen molar-refractivity contribution >= 4 is 11.9 Å². The second kappa shape index (κ2) is 52.5. The van der Waals surface area contributed by atoms with E-state index >= 15 is 0 Å². The number of unbranched alkanes of at least 4 members (excludes halogenated alkanes) is 28. The molecule has 0 heterocycles. The number of carbonyl (C=O) groups excluding carboxylic acids is 2. The van der Waals surface area contributed by atoms with Gasteiger partial charge in [0, 0.05) is 6.42 Å². The molecule has 6 heteroatoms. The van der Waals surface area contributed by atoms with Crippen LogP contribution in [0.15, 0.2) is 60.8 Å². The van der Waals surface area contributed by atoms with E-state index in [1.54, 1.807) is 0 Å². The van der Waals surface area contributed by atoms with Crippen molar-refractivity contribution in [2.24, 2.45) is 0 Å². The van der Waals surface area contributed by atoms with Gasteiger partial charge in [0.1, 0.15) is 6.10 Å². The molecular formula is C59H107NO5. The van der Waals surface area contributed by atoms with Crippen molar-refractivity contribution in [1.29, 1.82) is 0 Å². The fraction of sp³-hybridized carbons (Fsp3) is 0.797. The van der Waals surface area contributed by atoms with Crippen LogP contribution in [0, 0.1) is 0 Å². The van der Waals surface area contributed by atoms with Crippen LogP contribution >= 0.6 is 0 Å². The minimum atomic E-state index is -0.796. The largest absolute Gasteiger partial charge is 0.462 e. The Morgan fingerprint density at radius 2 is 0.831 bits per heavy atom. The van der Waals surface area contributed by atoms with Crippen LogP contribution in [0.25, 0.3) is 0 Å².